The van der Waals surface area contributed by atoms with Gasteiger partial charge < -0.3 is 5.11 Å². The van der Waals surface area contributed by atoms with Crippen molar-refractivity contribution in [2.24, 2.45) is 5.14 Å². The third-order valence-electron chi connectivity index (χ3n) is 1.97. The van der Waals surface area contributed by atoms with Crippen LogP contribution < -0.4 is 5.14 Å². The quantitative estimate of drug-likeness (QED) is 0.688. The van der Waals surface area contributed by atoms with Gasteiger partial charge in [-0.1, -0.05) is 6.92 Å². The molecule has 0 aromatic heterocycles. The number of rotatable bonds is 3. The highest BCUT2D eigenvalue weighted by atomic mass is 32.2. The van der Waals surface area contributed by atoms with E-state index in [4.69, 9.17) is 10.2 Å². The molecule has 0 amide bonds. The summed E-state index contributed by atoms with van der Waals surface area (Å²) < 4.78 is 23.2. The predicted molar refractivity (Wildman–Crippen MR) is 52.9 cm³/mol. The van der Waals surface area contributed by atoms with Crippen LogP contribution >= 0.6 is 11.8 Å². The van der Waals surface area contributed by atoms with Crippen molar-refractivity contribution >= 4 is 27.9 Å². The number of carboxylic acids is 1. The average molecular weight is 240 g/mol. The number of carboxylic acid groups (broad SMARTS) is 1. The molecule has 6 nitrogen and oxygen atoms in total. The summed E-state index contributed by atoms with van der Waals surface area (Å²) in [6.07, 6.45) is 0.547. The maximum Gasteiger partial charge on any atom is 0.322 e. The van der Waals surface area contributed by atoms with Gasteiger partial charge in [0.2, 0.25) is 0 Å². The second-order valence-corrected chi connectivity index (χ2v) is 5.59. The van der Waals surface area contributed by atoms with Crippen molar-refractivity contribution in [3.63, 3.8) is 0 Å². The molecule has 1 rings (SSSR count). The van der Waals surface area contributed by atoms with Crippen molar-refractivity contribution in [3.8, 4) is 0 Å². The molecule has 1 saturated heterocycles. The fourth-order valence-corrected chi connectivity index (χ4v) is 4.24. The first kappa shape index (κ1) is 11.8. The molecule has 0 aliphatic carbocycles. The van der Waals surface area contributed by atoms with Crippen LogP contribution in [0.5, 0.6) is 0 Å². The zero-order valence-electron chi connectivity index (χ0n) is 7.58. The highest BCUT2D eigenvalue weighted by molar-refractivity contribution is 8.01. The van der Waals surface area contributed by atoms with E-state index in [2.05, 4.69) is 0 Å². The van der Waals surface area contributed by atoms with Crippen LogP contribution in [0.1, 0.15) is 13.3 Å². The standard InChI is InChI=1S/C6H12N2O4S2/c1-2-5-8(14(7,11)12)4(3-13-5)6(9)10/h4-5H,2-3H2,1H3,(H,9,10)(H2,7,11,12). The second-order valence-electron chi connectivity index (χ2n) is 2.93. The van der Waals surface area contributed by atoms with Gasteiger partial charge in [0, 0.05) is 5.75 Å². The molecule has 0 saturated carbocycles. The van der Waals surface area contributed by atoms with Gasteiger partial charge in [0.15, 0.2) is 0 Å². The molecule has 0 radical (unpaired) electrons. The second kappa shape index (κ2) is 4.05. The average Bonchev–Trinajstić information content (AvgIpc) is 2.45. The van der Waals surface area contributed by atoms with Crippen LogP contribution in [0.15, 0.2) is 0 Å². The van der Waals surface area contributed by atoms with Gasteiger partial charge in [0.1, 0.15) is 6.04 Å². The van der Waals surface area contributed by atoms with Gasteiger partial charge in [-0.2, -0.15) is 12.7 Å². The molecule has 0 bridgehead atoms. The maximum atomic E-state index is 11.1. The number of nitrogens with two attached hydrogens (primary N) is 1. The Bertz CT molecular complexity index is 329. The Balaban J connectivity index is 2.98. The summed E-state index contributed by atoms with van der Waals surface area (Å²) in [6, 6.07) is -1.03. The van der Waals surface area contributed by atoms with E-state index < -0.39 is 22.2 Å². The van der Waals surface area contributed by atoms with Crippen LogP contribution in [-0.4, -0.2) is 41.0 Å². The van der Waals surface area contributed by atoms with Crippen LogP contribution in [-0.2, 0) is 15.0 Å². The molecular weight excluding hydrogens is 228 g/mol. The number of carbonyl (C=O) groups is 1. The first-order valence-corrected chi connectivity index (χ1v) is 6.58. The monoisotopic (exact) mass is 240 g/mol. The Morgan fingerprint density at radius 1 is 1.71 bits per heavy atom. The van der Waals surface area contributed by atoms with Crippen molar-refractivity contribution in [1.82, 2.24) is 4.31 Å². The largest absolute Gasteiger partial charge is 0.480 e. The van der Waals surface area contributed by atoms with Crippen molar-refractivity contribution in [3.05, 3.63) is 0 Å². The number of hydrogen-bond acceptors (Lipinski definition) is 4. The highest BCUT2D eigenvalue weighted by Gasteiger charge is 2.43. The van der Waals surface area contributed by atoms with Gasteiger partial charge in [0.25, 0.3) is 10.2 Å². The van der Waals surface area contributed by atoms with E-state index in [-0.39, 0.29) is 11.1 Å². The molecule has 3 N–H and O–H groups in total. The molecule has 2 unspecified atom stereocenters. The lowest BCUT2D eigenvalue weighted by molar-refractivity contribution is -0.140. The lowest BCUT2D eigenvalue weighted by Crippen LogP contribution is -2.48. The van der Waals surface area contributed by atoms with Gasteiger partial charge in [-0.05, 0) is 6.42 Å². The number of nitrogens with zero attached hydrogens (tertiary/aromatic N) is 1. The summed E-state index contributed by atoms with van der Waals surface area (Å²) in [4.78, 5) is 10.7. The molecule has 8 heteroatoms. The molecule has 1 aliphatic heterocycles. The van der Waals surface area contributed by atoms with Crippen LogP contribution in [0, 0.1) is 0 Å². The Labute approximate surface area is 86.6 Å². The van der Waals surface area contributed by atoms with E-state index in [0.29, 0.717) is 6.42 Å². The zero-order valence-corrected chi connectivity index (χ0v) is 9.21. The Morgan fingerprint density at radius 2 is 2.29 bits per heavy atom. The topological polar surface area (TPSA) is 101 Å². The zero-order chi connectivity index (χ0) is 10.9. The first-order chi connectivity index (χ1) is 6.38. The molecule has 82 valence electrons. The van der Waals surface area contributed by atoms with Crippen LogP contribution in [0.25, 0.3) is 0 Å². The lowest BCUT2D eigenvalue weighted by Gasteiger charge is -2.22. The summed E-state index contributed by atoms with van der Waals surface area (Å²) in [5.41, 5.74) is 0. The minimum Gasteiger partial charge on any atom is -0.480 e. The van der Waals surface area contributed by atoms with E-state index in [1.807, 2.05) is 0 Å². The van der Waals surface area contributed by atoms with Crippen molar-refractivity contribution < 1.29 is 18.3 Å². The van der Waals surface area contributed by atoms with Crippen LogP contribution in [0.3, 0.4) is 0 Å². The van der Waals surface area contributed by atoms with E-state index in [9.17, 15) is 13.2 Å². The fraction of sp³-hybridized carbons (Fsp3) is 0.833. The minimum absolute atomic E-state index is 0.254. The van der Waals surface area contributed by atoms with E-state index in [1.54, 1.807) is 6.92 Å². The molecule has 2 atom stereocenters. The molecular formula is C6H12N2O4S2. The molecule has 1 heterocycles. The third kappa shape index (κ3) is 2.19. The molecule has 0 aromatic rings. The van der Waals surface area contributed by atoms with Gasteiger partial charge in [-0.3, -0.25) is 4.79 Å². The van der Waals surface area contributed by atoms with Crippen molar-refractivity contribution in [2.75, 3.05) is 5.75 Å². The summed E-state index contributed by atoms with van der Waals surface area (Å²) in [6.45, 7) is 1.79. The minimum atomic E-state index is -3.93. The normalized spacial score (nSPS) is 29.3. The van der Waals surface area contributed by atoms with E-state index in [0.717, 1.165) is 4.31 Å². The SMILES string of the molecule is CCC1SCC(C(=O)O)N1S(N)(=O)=O. The van der Waals surface area contributed by atoms with Crippen LogP contribution in [0.4, 0.5) is 0 Å². The molecule has 1 fully saturated rings. The molecule has 14 heavy (non-hydrogen) atoms. The highest BCUT2D eigenvalue weighted by Crippen LogP contribution is 2.32. The smallest absolute Gasteiger partial charge is 0.322 e. The maximum absolute atomic E-state index is 11.1. The van der Waals surface area contributed by atoms with Gasteiger partial charge in [0.05, 0.1) is 5.37 Å². The molecule has 0 spiro atoms. The first-order valence-electron chi connectivity index (χ1n) is 4.03. The van der Waals surface area contributed by atoms with E-state index in [1.165, 1.54) is 11.8 Å². The summed E-state index contributed by atoms with van der Waals surface area (Å²) in [5, 5.41) is 13.4. The number of thioether (sulfide) groups is 1. The van der Waals surface area contributed by atoms with Gasteiger partial charge >= 0.3 is 5.97 Å². The third-order valence-corrected chi connectivity index (χ3v) is 4.65. The molecule has 0 aromatic carbocycles. The van der Waals surface area contributed by atoms with Gasteiger partial charge in [-0.25, -0.2) is 5.14 Å². The molecule has 1 aliphatic rings. The predicted octanol–water partition coefficient (Wildman–Crippen LogP) is -0.572. The summed E-state index contributed by atoms with van der Waals surface area (Å²) in [5.74, 6) is -0.896. The Hall–Kier alpha value is -0.310. The van der Waals surface area contributed by atoms with Crippen molar-refractivity contribution in [2.45, 2.75) is 24.8 Å². The fourth-order valence-electron chi connectivity index (χ4n) is 1.37. The Kier molecular flexibility index (Phi) is 3.40. The lowest BCUT2D eigenvalue weighted by atomic mass is 10.3. The number of hydrogen-bond donors (Lipinski definition) is 2. The summed E-state index contributed by atoms with van der Waals surface area (Å²) in [7, 11) is -3.93. The van der Waals surface area contributed by atoms with Crippen molar-refractivity contribution in [1.29, 1.82) is 0 Å². The van der Waals surface area contributed by atoms with Gasteiger partial charge in [-0.15, -0.1) is 11.8 Å². The summed E-state index contributed by atoms with van der Waals surface area (Å²) >= 11 is 1.30. The Morgan fingerprint density at radius 3 is 2.64 bits per heavy atom. The van der Waals surface area contributed by atoms with E-state index >= 15 is 0 Å². The van der Waals surface area contributed by atoms with Crippen LogP contribution in [0.2, 0.25) is 0 Å². The number of aliphatic carboxylic acids is 1.